The molecule has 1 aromatic carbocycles. The molecule has 0 radical (unpaired) electrons. The predicted molar refractivity (Wildman–Crippen MR) is 101 cm³/mol. The van der Waals surface area contributed by atoms with E-state index in [-0.39, 0.29) is 0 Å². The number of rotatable bonds is 5. The van der Waals surface area contributed by atoms with E-state index in [9.17, 15) is 0 Å². The highest BCUT2D eigenvalue weighted by atomic mass is 79.9. The van der Waals surface area contributed by atoms with Gasteiger partial charge in [-0.15, -0.1) is 0 Å². The topological polar surface area (TPSA) is 31.4 Å². The molecule has 2 aromatic rings. The molecule has 0 saturated carbocycles. The lowest BCUT2D eigenvalue weighted by molar-refractivity contribution is 0.110. The maximum atomic E-state index is 4.73. The third kappa shape index (κ3) is 4.03. The summed E-state index contributed by atoms with van der Waals surface area (Å²) in [6, 6.07) is 10.9. The first kappa shape index (κ1) is 16.7. The Morgan fingerprint density at radius 3 is 2.70 bits per heavy atom. The summed E-state index contributed by atoms with van der Waals surface area (Å²) in [5.74, 6) is 0.948. The average Bonchev–Trinajstić information content (AvgIpc) is 2.60. The first-order chi connectivity index (χ1) is 11.2. The number of likely N-dealkylation sites (N-methyl/N-ethyl adjacent to an activating group) is 1. The molecule has 0 bridgehead atoms. The number of nitrogens with zero attached hydrogens (tertiary/aromatic N) is 3. The van der Waals surface area contributed by atoms with Crippen molar-refractivity contribution in [3.05, 3.63) is 34.8 Å². The van der Waals surface area contributed by atoms with Crippen LogP contribution in [-0.4, -0.2) is 60.1 Å². The van der Waals surface area contributed by atoms with Crippen LogP contribution in [0, 0.1) is 0 Å². The molecule has 1 N–H and O–H groups in total. The molecule has 4 nitrogen and oxygen atoms in total. The maximum Gasteiger partial charge on any atom is 0.126 e. The lowest BCUT2D eigenvalue weighted by atomic mass is 10.2. The quantitative estimate of drug-likeness (QED) is 0.865. The van der Waals surface area contributed by atoms with Gasteiger partial charge in [-0.05, 0) is 47.6 Å². The van der Waals surface area contributed by atoms with Crippen molar-refractivity contribution >= 4 is 32.7 Å². The van der Waals surface area contributed by atoms with Gasteiger partial charge in [0.1, 0.15) is 5.82 Å². The maximum absolute atomic E-state index is 4.73. The third-order valence-corrected chi connectivity index (χ3v) is 5.37. The van der Waals surface area contributed by atoms with E-state index in [4.69, 9.17) is 4.98 Å². The van der Waals surface area contributed by atoms with Crippen LogP contribution in [0.15, 0.2) is 34.8 Å². The molecule has 1 aliphatic rings. The molecule has 124 valence electrons. The summed E-state index contributed by atoms with van der Waals surface area (Å²) < 4.78 is 1.04. The Bertz CT molecular complexity index is 653. The van der Waals surface area contributed by atoms with Gasteiger partial charge in [0.2, 0.25) is 0 Å². The summed E-state index contributed by atoms with van der Waals surface area (Å²) in [5.41, 5.74) is 1.02. The first-order valence-corrected chi connectivity index (χ1v) is 9.22. The lowest BCUT2D eigenvalue weighted by Gasteiger charge is -2.37. The molecule has 0 aliphatic carbocycles. The SMILES string of the molecule is CCN1CCN(C(C)CNc2ccc3cccc(Br)c3n2)CC1. The number of anilines is 1. The van der Waals surface area contributed by atoms with E-state index in [1.165, 1.54) is 13.1 Å². The summed E-state index contributed by atoms with van der Waals surface area (Å²) >= 11 is 3.58. The summed E-state index contributed by atoms with van der Waals surface area (Å²) in [7, 11) is 0. The molecule has 3 rings (SSSR count). The van der Waals surface area contributed by atoms with Gasteiger partial charge in [-0.1, -0.05) is 19.1 Å². The average molecular weight is 377 g/mol. The summed E-state index contributed by atoms with van der Waals surface area (Å²) in [6.45, 7) is 11.3. The minimum absolute atomic E-state index is 0.519. The van der Waals surface area contributed by atoms with Gasteiger partial charge >= 0.3 is 0 Å². The van der Waals surface area contributed by atoms with Crippen molar-refractivity contribution in [3.8, 4) is 0 Å². The van der Waals surface area contributed by atoms with Crippen LogP contribution in [0.3, 0.4) is 0 Å². The Morgan fingerprint density at radius 2 is 1.96 bits per heavy atom. The Labute approximate surface area is 147 Å². The molecule has 1 atom stereocenters. The number of fused-ring (bicyclic) bond motifs is 1. The molecule has 1 unspecified atom stereocenters. The highest BCUT2D eigenvalue weighted by molar-refractivity contribution is 9.10. The highest BCUT2D eigenvalue weighted by Gasteiger charge is 2.19. The van der Waals surface area contributed by atoms with Gasteiger partial charge < -0.3 is 10.2 Å². The molecular formula is C18H25BrN4. The Hall–Kier alpha value is -1.17. The summed E-state index contributed by atoms with van der Waals surface area (Å²) in [5, 5.41) is 4.66. The number of aromatic nitrogens is 1. The van der Waals surface area contributed by atoms with Crippen LogP contribution >= 0.6 is 15.9 Å². The van der Waals surface area contributed by atoms with Crippen LogP contribution in [0.5, 0.6) is 0 Å². The molecule has 23 heavy (non-hydrogen) atoms. The van der Waals surface area contributed by atoms with Crippen molar-refractivity contribution in [3.63, 3.8) is 0 Å². The van der Waals surface area contributed by atoms with Crippen molar-refractivity contribution in [1.29, 1.82) is 0 Å². The first-order valence-electron chi connectivity index (χ1n) is 8.43. The molecule has 2 heterocycles. The monoisotopic (exact) mass is 376 g/mol. The van der Waals surface area contributed by atoms with Crippen LogP contribution in [-0.2, 0) is 0 Å². The van der Waals surface area contributed by atoms with Crippen molar-refractivity contribution in [1.82, 2.24) is 14.8 Å². The molecular weight excluding hydrogens is 352 g/mol. The Balaban J connectivity index is 1.59. The fourth-order valence-electron chi connectivity index (χ4n) is 3.11. The lowest BCUT2D eigenvalue weighted by Crippen LogP contribution is -2.51. The van der Waals surface area contributed by atoms with Gasteiger partial charge in [0, 0.05) is 48.6 Å². The minimum atomic E-state index is 0.519. The zero-order valence-electron chi connectivity index (χ0n) is 13.9. The van der Waals surface area contributed by atoms with E-state index in [0.29, 0.717) is 6.04 Å². The second-order valence-electron chi connectivity index (χ2n) is 6.21. The fourth-order valence-corrected chi connectivity index (χ4v) is 3.58. The van der Waals surface area contributed by atoms with Crippen LogP contribution in [0.4, 0.5) is 5.82 Å². The molecule has 5 heteroatoms. The molecule has 1 fully saturated rings. The van der Waals surface area contributed by atoms with Crippen molar-refractivity contribution in [2.75, 3.05) is 44.6 Å². The van der Waals surface area contributed by atoms with Crippen molar-refractivity contribution in [2.45, 2.75) is 19.9 Å². The number of benzene rings is 1. The smallest absolute Gasteiger partial charge is 0.126 e. The van der Waals surface area contributed by atoms with Gasteiger partial charge in [-0.25, -0.2) is 4.98 Å². The number of para-hydroxylation sites is 1. The standard InChI is InChI=1S/C18H25BrN4/c1-3-22-9-11-23(12-10-22)14(2)13-20-17-8-7-15-5-4-6-16(19)18(15)21-17/h4-8,14H,3,9-13H2,1-2H3,(H,20,21). The van der Waals surface area contributed by atoms with E-state index >= 15 is 0 Å². The Kier molecular flexibility index (Phi) is 5.51. The number of hydrogen-bond donors (Lipinski definition) is 1. The number of nitrogens with one attached hydrogen (secondary N) is 1. The number of piperazine rings is 1. The molecule has 0 spiro atoms. The van der Waals surface area contributed by atoms with Gasteiger partial charge in [0.05, 0.1) is 5.52 Å². The molecule has 1 aliphatic heterocycles. The second-order valence-corrected chi connectivity index (χ2v) is 7.06. The number of hydrogen-bond acceptors (Lipinski definition) is 4. The van der Waals surface area contributed by atoms with E-state index in [1.807, 2.05) is 12.1 Å². The Morgan fingerprint density at radius 1 is 1.17 bits per heavy atom. The molecule has 0 amide bonds. The van der Waals surface area contributed by atoms with Crippen molar-refractivity contribution < 1.29 is 0 Å². The van der Waals surface area contributed by atoms with Crippen LogP contribution < -0.4 is 5.32 Å². The van der Waals surface area contributed by atoms with Crippen LogP contribution in [0.2, 0.25) is 0 Å². The fraction of sp³-hybridized carbons (Fsp3) is 0.500. The molecule has 1 aromatic heterocycles. The van der Waals surface area contributed by atoms with Gasteiger partial charge in [0.25, 0.3) is 0 Å². The number of pyridine rings is 1. The zero-order valence-corrected chi connectivity index (χ0v) is 15.5. The predicted octanol–water partition coefficient (Wildman–Crippen LogP) is 3.44. The largest absolute Gasteiger partial charge is 0.368 e. The molecule has 1 saturated heterocycles. The highest BCUT2D eigenvalue weighted by Crippen LogP contribution is 2.23. The van der Waals surface area contributed by atoms with Crippen molar-refractivity contribution in [2.24, 2.45) is 0 Å². The zero-order chi connectivity index (χ0) is 16.2. The van der Waals surface area contributed by atoms with E-state index in [0.717, 1.165) is 47.4 Å². The van der Waals surface area contributed by atoms with Crippen LogP contribution in [0.1, 0.15) is 13.8 Å². The third-order valence-electron chi connectivity index (χ3n) is 4.73. The van der Waals surface area contributed by atoms with Gasteiger partial charge in [-0.2, -0.15) is 0 Å². The second kappa shape index (κ2) is 7.60. The minimum Gasteiger partial charge on any atom is -0.368 e. The summed E-state index contributed by atoms with van der Waals surface area (Å²) in [6.07, 6.45) is 0. The van der Waals surface area contributed by atoms with Gasteiger partial charge in [-0.3, -0.25) is 4.90 Å². The summed E-state index contributed by atoms with van der Waals surface area (Å²) in [4.78, 5) is 9.81. The van der Waals surface area contributed by atoms with E-state index in [1.54, 1.807) is 0 Å². The normalized spacial score (nSPS) is 18.2. The van der Waals surface area contributed by atoms with E-state index in [2.05, 4.69) is 63.1 Å². The van der Waals surface area contributed by atoms with Gasteiger partial charge in [0.15, 0.2) is 0 Å². The van der Waals surface area contributed by atoms with Crippen LogP contribution in [0.25, 0.3) is 10.9 Å². The number of halogens is 1. The van der Waals surface area contributed by atoms with E-state index < -0.39 is 0 Å².